The molecule has 1 atom stereocenters. The Balaban J connectivity index is 0.00000288. The molecule has 0 saturated carbocycles. The van der Waals surface area contributed by atoms with E-state index in [-0.39, 0.29) is 41.7 Å². The fourth-order valence-electron chi connectivity index (χ4n) is 1.81. The van der Waals surface area contributed by atoms with Crippen LogP contribution in [-0.2, 0) is 11.2 Å². The number of halogens is 3. The van der Waals surface area contributed by atoms with Crippen LogP contribution in [0.25, 0.3) is 0 Å². The van der Waals surface area contributed by atoms with E-state index in [0.29, 0.717) is 11.5 Å². The molecule has 0 unspecified atom stereocenters. The van der Waals surface area contributed by atoms with Crippen LogP contribution in [-0.4, -0.2) is 17.1 Å². The molecule has 0 spiro atoms. The van der Waals surface area contributed by atoms with Gasteiger partial charge in [-0.25, -0.2) is 0 Å². The van der Waals surface area contributed by atoms with Crippen LogP contribution in [0, 0.1) is 10.7 Å². The van der Waals surface area contributed by atoms with E-state index in [1.165, 1.54) is 12.1 Å². The van der Waals surface area contributed by atoms with E-state index in [1.54, 1.807) is 6.07 Å². The molecule has 0 aliphatic carbocycles. The normalized spacial score (nSPS) is 11.5. The van der Waals surface area contributed by atoms with Gasteiger partial charge in [0.25, 0.3) is 0 Å². The second kappa shape index (κ2) is 10.1. The number of nitrogens with two attached hydrogens (primary N) is 1. The Kier molecular flexibility index (Phi) is 9.57. The smallest absolute Gasteiger partial charge is 0.872 e. The molecule has 0 radical (unpaired) electrons. The van der Waals surface area contributed by atoms with Crippen LogP contribution in [0.4, 0.5) is 0 Å². The van der Waals surface area contributed by atoms with Crippen molar-refractivity contribution in [3.05, 3.63) is 46.6 Å². The van der Waals surface area contributed by atoms with Crippen LogP contribution >= 0.6 is 67.8 Å². The summed E-state index contributed by atoms with van der Waals surface area (Å²) in [6.07, 6.45) is 0.256. The standard InChI is InChI=1S/C15H12I3NO4.Na/c16-9-6-14(23-13-2-1-8(20)5-11(13)18)10(17)3-7(9)4-12(19)15(21)22;/h1-3,5-6,12,20H,4,19H2,(H,21,22);/q;+1/p-1/t12-;/m1./s1. The minimum atomic E-state index is -1.02. The van der Waals surface area contributed by atoms with Crippen molar-refractivity contribution < 1.29 is 49.3 Å². The van der Waals surface area contributed by atoms with Gasteiger partial charge in [-0.3, -0.25) is 4.79 Å². The number of carbonyl (C=O) groups is 1. The zero-order valence-electron chi connectivity index (χ0n) is 12.6. The Bertz CT molecular complexity index is 758. The van der Waals surface area contributed by atoms with Gasteiger partial charge in [0.15, 0.2) is 0 Å². The second-order valence-electron chi connectivity index (χ2n) is 4.72. The Morgan fingerprint density at radius 2 is 1.75 bits per heavy atom. The largest absolute Gasteiger partial charge is 1.00 e. The summed E-state index contributed by atoms with van der Waals surface area (Å²) in [7, 11) is 0. The van der Waals surface area contributed by atoms with Gasteiger partial charge < -0.3 is 20.7 Å². The zero-order chi connectivity index (χ0) is 17.1. The van der Waals surface area contributed by atoms with Gasteiger partial charge in [0, 0.05) is 3.57 Å². The minimum Gasteiger partial charge on any atom is -0.872 e. The van der Waals surface area contributed by atoms with Crippen molar-refractivity contribution in [1.29, 1.82) is 0 Å². The van der Waals surface area contributed by atoms with Gasteiger partial charge in [0.05, 0.1) is 7.14 Å². The number of carboxylic acids is 1. The number of carboxylic acid groups (broad SMARTS) is 1. The molecular formula is C15H11I3NNaO4. The van der Waals surface area contributed by atoms with Crippen LogP contribution in [0.2, 0.25) is 0 Å². The molecule has 2 aromatic rings. The third-order valence-electron chi connectivity index (χ3n) is 2.98. The van der Waals surface area contributed by atoms with E-state index < -0.39 is 12.0 Å². The molecular weight excluding hydrogens is 662 g/mol. The van der Waals surface area contributed by atoms with Crippen molar-refractivity contribution in [2.45, 2.75) is 12.5 Å². The first-order chi connectivity index (χ1) is 10.8. The van der Waals surface area contributed by atoms with Crippen molar-refractivity contribution in [2.75, 3.05) is 0 Å². The number of hydrogen-bond donors (Lipinski definition) is 2. The van der Waals surface area contributed by atoms with Gasteiger partial charge in [-0.05, 0) is 98.0 Å². The van der Waals surface area contributed by atoms with Crippen molar-refractivity contribution in [3.8, 4) is 17.2 Å². The van der Waals surface area contributed by atoms with Gasteiger partial charge >= 0.3 is 35.5 Å². The summed E-state index contributed by atoms with van der Waals surface area (Å²) in [6, 6.07) is 7.38. The molecule has 0 fully saturated rings. The van der Waals surface area contributed by atoms with E-state index in [4.69, 9.17) is 15.6 Å². The maximum absolute atomic E-state index is 11.3. The number of rotatable bonds is 5. The molecule has 3 N–H and O–H groups in total. The summed E-state index contributed by atoms with van der Waals surface area (Å²) < 4.78 is 8.34. The molecule has 122 valence electrons. The van der Waals surface area contributed by atoms with Gasteiger partial charge in [-0.1, -0.05) is 12.1 Å². The molecule has 5 nitrogen and oxygen atoms in total. The first kappa shape index (κ1) is 22.7. The van der Waals surface area contributed by atoms with E-state index in [1.807, 2.05) is 12.1 Å². The number of ether oxygens (including phenoxy) is 1. The Labute approximate surface area is 202 Å². The number of benzene rings is 2. The molecule has 2 aromatic carbocycles. The number of aliphatic carboxylic acids is 1. The maximum atomic E-state index is 11.3. The van der Waals surface area contributed by atoms with Gasteiger partial charge in [-0.2, -0.15) is 0 Å². The Hall–Kier alpha value is 0.660. The Morgan fingerprint density at radius 1 is 1.12 bits per heavy atom. The van der Waals surface area contributed by atoms with Crippen LogP contribution in [0.3, 0.4) is 0 Å². The minimum absolute atomic E-state index is 0. The SMILES string of the molecule is N[C@H](Cc1cc(I)c(Oc2ccc([O-])cc2I)cc1I)C(=O)O.[Na+]. The molecule has 0 heterocycles. The van der Waals surface area contributed by atoms with E-state index in [9.17, 15) is 9.90 Å². The second-order valence-corrected chi connectivity index (χ2v) is 8.20. The van der Waals surface area contributed by atoms with E-state index >= 15 is 0 Å². The predicted octanol–water partition coefficient (Wildman–Crippen LogP) is 0.325. The summed E-state index contributed by atoms with van der Waals surface area (Å²) in [6.45, 7) is 0. The third kappa shape index (κ3) is 6.13. The van der Waals surface area contributed by atoms with E-state index in [0.717, 1.165) is 16.3 Å². The molecule has 0 saturated heterocycles. The topological polar surface area (TPSA) is 95.6 Å². The van der Waals surface area contributed by atoms with Crippen LogP contribution in [0.15, 0.2) is 30.3 Å². The molecule has 0 bridgehead atoms. The monoisotopic (exact) mass is 673 g/mol. The average Bonchev–Trinajstić information content (AvgIpc) is 2.46. The summed E-state index contributed by atoms with van der Waals surface area (Å²) in [5.41, 5.74) is 6.46. The van der Waals surface area contributed by atoms with Crippen molar-refractivity contribution in [2.24, 2.45) is 5.73 Å². The maximum Gasteiger partial charge on any atom is 1.00 e. The van der Waals surface area contributed by atoms with Crippen molar-refractivity contribution in [3.63, 3.8) is 0 Å². The molecule has 0 aliphatic rings. The summed E-state index contributed by atoms with van der Waals surface area (Å²) >= 11 is 6.32. The summed E-state index contributed by atoms with van der Waals surface area (Å²) in [5.74, 6) is 0.167. The quantitative estimate of drug-likeness (QED) is 0.353. The van der Waals surface area contributed by atoms with Gasteiger partial charge in [0.1, 0.15) is 17.5 Å². The first-order valence-electron chi connectivity index (χ1n) is 6.38. The third-order valence-corrected chi connectivity index (χ3v) is 5.67. The molecule has 9 heteroatoms. The van der Waals surface area contributed by atoms with Crippen LogP contribution < -0.4 is 45.1 Å². The molecule has 2 rings (SSSR count). The molecule has 0 aromatic heterocycles. The molecule has 24 heavy (non-hydrogen) atoms. The number of hydrogen-bond acceptors (Lipinski definition) is 4. The molecule has 0 amide bonds. The predicted molar refractivity (Wildman–Crippen MR) is 110 cm³/mol. The average molecular weight is 673 g/mol. The van der Waals surface area contributed by atoms with Gasteiger partial charge in [-0.15, -0.1) is 5.75 Å². The van der Waals surface area contributed by atoms with Crippen molar-refractivity contribution in [1.82, 2.24) is 0 Å². The zero-order valence-corrected chi connectivity index (χ0v) is 21.0. The van der Waals surface area contributed by atoms with Gasteiger partial charge in [0.2, 0.25) is 0 Å². The summed E-state index contributed by atoms with van der Waals surface area (Å²) in [5, 5.41) is 20.2. The molecule has 0 aliphatic heterocycles. The fraction of sp³-hybridized carbons (Fsp3) is 0.133. The van der Waals surface area contributed by atoms with Crippen LogP contribution in [0.1, 0.15) is 5.56 Å². The first-order valence-corrected chi connectivity index (χ1v) is 9.62. The van der Waals surface area contributed by atoms with Crippen molar-refractivity contribution >= 4 is 73.7 Å². The van der Waals surface area contributed by atoms with Crippen LogP contribution in [0.5, 0.6) is 17.2 Å². The Morgan fingerprint density at radius 3 is 2.33 bits per heavy atom. The summed E-state index contributed by atoms with van der Waals surface area (Å²) in [4.78, 5) is 10.9. The van der Waals surface area contributed by atoms with E-state index in [2.05, 4.69) is 67.8 Å². The fourth-order valence-corrected chi connectivity index (χ4v) is 3.71.